The van der Waals surface area contributed by atoms with Crippen LogP contribution in [0.15, 0.2) is 25.0 Å². The van der Waals surface area contributed by atoms with Crippen molar-refractivity contribution in [2.45, 2.75) is 19.5 Å². The quantitative estimate of drug-likeness (QED) is 0.632. The summed E-state index contributed by atoms with van der Waals surface area (Å²) in [6, 6.07) is 0.333. The molecule has 0 aromatic carbocycles. The largest absolute Gasteiger partial charge is 0.348 e. The minimum absolute atomic E-state index is 0.333. The molecule has 0 radical (unpaired) electrons. The van der Waals surface area contributed by atoms with Crippen molar-refractivity contribution in [2.24, 2.45) is 0 Å². The SMILES string of the molecule is C=CC(C)NCc1ncc[nH]1. The van der Waals surface area contributed by atoms with Gasteiger partial charge in [0.05, 0.1) is 6.54 Å². The van der Waals surface area contributed by atoms with E-state index in [1.54, 1.807) is 6.20 Å². The zero-order valence-corrected chi connectivity index (χ0v) is 6.67. The number of H-pyrrole nitrogens is 1. The van der Waals surface area contributed by atoms with Crippen molar-refractivity contribution in [1.82, 2.24) is 15.3 Å². The van der Waals surface area contributed by atoms with Gasteiger partial charge in [-0.1, -0.05) is 6.08 Å². The average molecular weight is 151 g/mol. The molecule has 1 rings (SSSR count). The first kappa shape index (κ1) is 8.01. The van der Waals surface area contributed by atoms with Crippen molar-refractivity contribution in [3.05, 3.63) is 30.9 Å². The van der Waals surface area contributed by atoms with Gasteiger partial charge >= 0.3 is 0 Å². The van der Waals surface area contributed by atoms with Crippen LogP contribution in [0.1, 0.15) is 12.7 Å². The Kier molecular flexibility index (Phi) is 2.86. The number of aromatic nitrogens is 2. The van der Waals surface area contributed by atoms with E-state index in [9.17, 15) is 0 Å². The highest BCUT2D eigenvalue weighted by Gasteiger charge is 1.96. The van der Waals surface area contributed by atoms with Gasteiger partial charge in [-0.3, -0.25) is 0 Å². The maximum Gasteiger partial charge on any atom is 0.120 e. The summed E-state index contributed by atoms with van der Waals surface area (Å²) in [6.07, 6.45) is 5.42. The number of rotatable bonds is 4. The number of hydrogen-bond donors (Lipinski definition) is 2. The summed E-state index contributed by atoms with van der Waals surface area (Å²) in [6.45, 7) is 6.48. The van der Waals surface area contributed by atoms with Crippen LogP contribution in [0.25, 0.3) is 0 Å². The summed E-state index contributed by atoms with van der Waals surface area (Å²) in [5, 5.41) is 3.22. The highest BCUT2D eigenvalue weighted by atomic mass is 15.0. The van der Waals surface area contributed by atoms with Gasteiger partial charge in [0.2, 0.25) is 0 Å². The lowest BCUT2D eigenvalue weighted by Gasteiger charge is -2.05. The maximum atomic E-state index is 4.07. The molecule has 1 unspecified atom stereocenters. The molecule has 0 saturated carbocycles. The average Bonchev–Trinajstić information content (AvgIpc) is 2.52. The Morgan fingerprint density at radius 3 is 3.27 bits per heavy atom. The van der Waals surface area contributed by atoms with E-state index in [2.05, 4.69) is 28.8 Å². The molecule has 1 atom stereocenters. The summed E-state index contributed by atoms with van der Waals surface area (Å²) in [4.78, 5) is 7.08. The Hall–Kier alpha value is -1.09. The van der Waals surface area contributed by atoms with Crippen LogP contribution in [0.2, 0.25) is 0 Å². The van der Waals surface area contributed by atoms with Gasteiger partial charge in [-0.15, -0.1) is 6.58 Å². The molecule has 0 amide bonds. The standard InChI is InChI=1S/C8H13N3/c1-3-7(2)11-6-8-9-4-5-10-8/h3-5,7,11H,1,6H2,2H3,(H,9,10). The van der Waals surface area contributed by atoms with E-state index in [0.29, 0.717) is 6.04 Å². The summed E-state index contributed by atoms with van der Waals surface area (Å²) in [5.74, 6) is 0.957. The monoisotopic (exact) mass is 151 g/mol. The highest BCUT2D eigenvalue weighted by molar-refractivity contribution is 4.89. The first-order valence-electron chi connectivity index (χ1n) is 3.67. The van der Waals surface area contributed by atoms with Gasteiger partial charge in [-0.25, -0.2) is 4.98 Å². The predicted molar refractivity (Wildman–Crippen MR) is 45.1 cm³/mol. The molecule has 2 N–H and O–H groups in total. The van der Waals surface area contributed by atoms with E-state index >= 15 is 0 Å². The van der Waals surface area contributed by atoms with Crippen LogP contribution in [-0.2, 0) is 6.54 Å². The van der Waals surface area contributed by atoms with Crippen molar-refractivity contribution in [3.63, 3.8) is 0 Å². The third-order valence-electron chi connectivity index (χ3n) is 1.50. The van der Waals surface area contributed by atoms with Gasteiger partial charge in [0.15, 0.2) is 0 Å². The Balaban J connectivity index is 2.28. The fraction of sp³-hybridized carbons (Fsp3) is 0.375. The number of nitrogens with one attached hydrogen (secondary N) is 2. The summed E-state index contributed by atoms with van der Waals surface area (Å²) in [5.41, 5.74) is 0. The molecule has 0 aliphatic heterocycles. The molecule has 60 valence electrons. The van der Waals surface area contributed by atoms with Gasteiger partial charge in [-0.2, -0.15) is 0 Å². The van der Waals surface area contributed by atoms with E-state index in [0.717, 1.165) is 12.4 Å². The second-order valence-electron chi connectivity index (χ2n) is 2.44. The molecule has 3 nitrogen and oxygen atoms in total. The first-order chi connectivity index (χ1) is 5.33. The molecule has 0 bridgehead atoms. The Morgan fingerprint density at radius 2 is 2.73 bits per heavy atom. The van der Waals surface area contributed by atoms with Crippen molar-refractivity contribution in [3.8, 4) is 0 Å². The van der Waals surface area contributed by atoms with Crippen molar-refractivity contribution in [1.29, 1.82) is 0 Å². The van der Waals surface area contributed by atoms with Gasteiger partial charge in [0.1, 0.15) is 5.82 Å². The van der Waals surface area contributed by atoms with Crippen molar-refractivity contribution >= 4 is 0 Å². The van der Waals surface area contributed by atoms with Crippen molar-refractivity contribution < 1.29 is 0 Å². The fourth-order valence-corrected chi connectivity index (χ4v) is 0.736. The lowest BCUT2D eigenvalue weighted by molar-refractivity contribution is 0.616. The van der Waals surface area contributed by atoms with Crippen LogP contribution in [0.4, 0.5) is 0 Å². The molecule has 1 heterocycles. The lowest BCUT2D eigenvalue weighted by atomic mass is 10.3. The zero-order valence-electron chi connectivity index (χ0n) is 6.67. The molecule has 0 aliphatic rings. The Morgan fingerprint density at radius 1 is 1.91 bits per heavy atom. The third-order valence-corrected chi connectivity index (χ3v) is 1.50. The molecule has 1 aromatic rings. The molecular weight excluding hydrogens is 138 g/mol. The zero-order chi connectivity index (χ0) is 8.10. The Bertz CT molecular complexity index is 203. The minimum atomic E-state index is 0.333. The number of aromatic amines is 1. The highest BCUT2D eigenvalue weighted by Crippen LogP contribution is 1.89. The Labute approximate surface area is 66.5 Å². The van der Waals surface area contributed by atoms with E-state index in [1.807, 2.05) is 12.3 Å². The van der Waals surface area contributed by atoms with E-state index in [-0.39, 0.29) is 0 Å². The first-order valence-corrected chi connectivity index (χ1v) is 3.67. The van der Waals surface area contributed by atoms with Gasteiger partial charge in [0, 0.05) is 18.4 Å². The molecule has 11 heavy (non-hydrogen) atoms. The third kappa shape index (κ3) is 2.55. The molecule has 1 aromatic heterocycles. The summed E-state index contributed by atoms with van der Waals surface area (Å²) >= 11 is 0. The molecule has 0 fully saturated rings. The molecule has 3 heteroatoms. The summed E-state index contributed by atoms with van der Waals surface area (Å²) < 4.78 is 0. The predicted octanol–water partition coefficient (Wildman–Crippen LogP) is 1.07. The van der Waals surface area contributed by atoms with Gasteiger partial charge in [-0.05, 0) is 6.92 Å². The minimum Gasteiger partial charge on any atom is -0.348 e. The van der Waals surface area contributed by atoms with Crippen LogP contribution >= 0.6 is 0 Å². The van der Waals surface area contributed by atoms with Crippen LogP contribution in [-0.4, -0.2) is 16.0 Å². The van der Waals surface area contributed by atoms with Crippen molar-refractivity contribution in [2.75, 3.05) is 0 Å². The maximum absolute atomic E-state index is 4.07. The molecule has 0 saturated heterocycles. The second kappa shape index (κ2) is 3.93. The van der Waals surface area contributed by atoms with Crippen LogP contribution < -0.4 is 5.32 Å². The molecule has 0 aliphatic carbocycles. The summed E-state index contributed by atoms with van der Waals surface area (Å²) in [7, 11) is 0. The fourth-order valence-electron chi connectivity index (χ4n) is 0.736. The molecule has 0 spiro atoms. The van der Waals surface area contributed by atoms with Gasteiger partial charge in [0.25, 0.3) is 0 Å². The van der Waals surface area contributed by atoms with Gasteiger partial charge < -0.3 is 10.3 Å². The topological polar surface area (TPSA) is 40.7 Å². The van der Waals surface area contributed by atoms with Crippen LogP contribution in [0.3, 0.4) is 0 Å². The normalized spacial score (nSPS) is 12.8. The van der Waals surface area contributed by atoms with Crippen LogP contribution in [0, 0.1) is 0 Å². The number of hydrogen-bond acceptors (Lipinski definition) is 2. The van der Waals surface area contributed by atoms with E-state index in [1.165, 1.54) is 0 Å². The smallest absolute Gasteiger partial charge is 0.120 e. The van der Waals surface area contributed by atoms with E-state index < -0.39 is 0 Å². The second-order valence-corrected chi connectivity index (χ2v) is 2.44. The lowest BCUT2D eigenvalue weighted by Crippen LogP contribution is -2.23. The number of imidazole rings is 1. The molecular formula is C8H13N3. The number of nitrogens with zero attached hydrogens (tertiary/aromatic N) is 1. The van der Waals surface area contributed by atoms with E-state index in [4.69, 9.17) is 0 Å². The van der Waals surface area contributed by atoms with Crippen LogP contribution in [0.5, 0.6) is 0 Å².